The molecule has 0 fully saturated rings. The van der Waals surface area contributed by atoms with Crippen LogP contribution in [0.2, 0.25) is 0 Å². The number of thiophene rings is 1. The van der Waals surface area contributed by atoms with E-state index in [-0.39, 0.29) is 11.9 Å². The van der Waals surface area contributed by atoms with Gasteiger partial charge >= 0.3 is 0 Å². The van der Waals surface area contributed by atoms with Gasteiger partial charge in [0.05, 0.1) is 19.2 Å². The minimum atomic E-state index is 0.0490. The molecule has 1 amide bonds. The van der Waals surface area contributed by atoms with E-state index in [2.05, 4.69) is 28.6 Å². The maximum Gasteiger partial charge on any atom is 0.234 e. The van der Waals surface area contributed by atoms with Crippen LogP contribution in [0.1, 0.15) is 29.8 Å². The standard InChI is InChI=1S/C18H22N2O2S/c1-2-20(12-14-6-5-11-23-14)13-18(21)19-16-9-10-22-17-8-4-3-7-15(16)17/h3-8,11,16H,2,9-10,12-13H2,1H3,(H,19,21). The molecule has 0 bridgehead atoms. The van der Waals surface area contributed by atoms with Crippen LogP contribution in [0.3, 0.4) is 0 Å². The number of nitrogens with one attached hydrogen (secondary N) is 1. The third-order valence-corrected chi connectivity index (χ3v) is 4.93. The molecule has 1 atom stereocenters. The first-order valence-electron chi connectivity index (χ1n) is 8.02. The smallest absolute Gasteiger partial charge is 0.234 e. The van der Waals surface area contributed by atoms with E-state index in [4.69, 9.17) is 4.74 Å². The van der Waals surface area contributed by atoms with Crippen LogP contribution >= 0.6 is 11.3 Å². The van der Waals surface area contributed by atoms with Gasteiger partial charge in [0.1, 0.15) is 5.75 Å². The molecule has 1 N–H and O–H groups in total. The number of amides is 1. The molecule has 23 heavy (non-hydrogen) atoms. The summed E-state index contributed by atoms with van der Waals surface area (Å²) in [6, 6.07) is 12.1. The molecule has 2 aromatic rings. The Labute approximate surface area is 141 Å². The highest BCUT2D eigenvalue weighted by molar-refractivity contribution is 7.09. The molecule has 0 spiro atoms. The Morgan fingerprint density at radius 1 is 1.35 bits per heavy atom. The van der Waals surface area contributed by atoms with Crippen molar-refractivity contribution in [2.45, 2.75) is 25.9 Å². The Hall–Kier alpha value is -1.85. The van der Waals surface area contributed by atoms with E-state index in [0.29, 0.717) is 13.2 Å². The average Bonchev–Trinajstić information content (AvgIpc) is 3.07. The third kappa shape index (κ3) is 4.12. The van der Waals surface area contributed by atoms with Crippen molar-refractivity contribution in [3.05, 3.63) is 52.2 Å². The van der Waals surface area contributed by atoms with E-state index >= 15 is 0 Å². The maximum atomic E-state index is 12.4. The van der Waals surface area contributed by atoms with Crippen LogP contribution in [-0.4, -0.2) is 30.5 Å². The predicted octanol–water partition coefficient (Wildman–Crippen LogP) is 3.21. The summed E-state index contributed by atoms with van der Waals surface area (Å²) < 4.78 is 5.65. The Bertz CT molecular complexity index is 642. The topological polar surface area (TPSA) is 41.6 Å². The normalized spacial score (nSPS) is 16.7. The van der Waals surface area contributed by atoms with Crippen LogP contribution < -0.4 is 10.1 Å². The zero-order chi connectivity index (χ0) is 16.1. The fourth-order valence-electron chi connectivity index (χ4n) is 2.84. The van der Waals surface area contributed by atoms with Crippen LogP contribution in [0.4, 0.5) is 0 Å². The van der Waals surface area contributed by atoms with Crippen LogP contribution in [0.25, 0.3) is 0 Å². The van der Waals surface area contributed by atoms with E-state index in [1.165, 1.54) is 4.88 Å². The number of carbonyl (C=O) groups excluding carboxylic acids is 1. The van der Waals surface area contributed by atoms with Gasteiger partial charge in [0.15, 0.2) is 0 Å². The molecule has 0 aliphatic carbocycles. The SMILES string of the molecule is CCN(CC(=O)NC1CCOc2ccccc21)Cc1cccs1. The molecule has 0 saturated heterocycles. The van der Waals surface area contributed by atoms with Crippen molar-refractivity contribution >= 4 is 17.2 Å². The lowest BCUT2D eigenvalue weighted by molar-refractivity contribution is -0.123. The summed E-state index contributed by atoms with van der Waals surface area (Å²) in [6.07, 6.45) is 0.819. The molecule has 3 rings (SSSR count). The molecule has 1 unspecified atom stereocenters. The van der Waals surface area contributed by atoms with E-state index in [9.17, 15) is 4.79 Å². The highest BCUT2D eigenvalue weighted by atomic mass is 32.1. The molecule has 122 valence electrons. The summed E-state index contributed by atoms with van der Waals surface area (Å²) in [5.41, 5.74) is 1.08. The number of hydrogen-bond donors (Lipinski definition) is 1. The van der Waals surface area contributed by atoms with Crippen LogP contribution in [0, 0.1) is 0 Å². The molecule has 1 aromatic carbocycles. The highest BCUT2D eigenvalue weighted by Crippen LogP contribution is 2.31. The molecule has 1 aromatic heterocycles. The first-order valence-corrected chi connectivity index (χ1v) is 8.90. The molecule has 1 aliphatic heterocycles. The minimum absolute atomic E-state index is 0.0490. The zero-order valence-electron chi connectivity index (χ0n) is 13.3. The van der Waals surface area contributed by atoms with Crippen molar-refractivity contribution < 1.29 is 9.53 Å². The van der Waals surface area contributed by atoms with Crippen molar-refractivity contribution in [3.63, 3.8) is 0 Å². The molecule has 0 radical (unpaired) electrons. The van der Waals surface area contributed by atoms with Crippen molar-refractivity contribution in [1.29, 1.82) is 0 Å². The number of benzene rings is 1. The zero-order valence-corrected chi connectivity index (χ0v) is 14.1. The van der Waals surface area contributed by atoms with Crippen LogP contribution in [0.5, 0.6) is 5.75 Å². The molecular formula is C18H22N2O2S. The second-order valence-electron chi connectivity index (χ2n) is 5.68. The van der Waals surface area contributed by atoms with Gasteiger partial charge < -0.3 is 10.1 Å². The van der Waals surface area contributed by atoms with Gasteiger partial charge in [0, 0.05) is 23.4 Å². The van der Waals surface area contributed by atoms with Crippen molar-refractivity contribution in [2.24, 2.45) is 0 Å². The Morgan fingerprint density at radius 3 is 3.00 bits per heavy atom. The lowest BCUT2D eigenvalue weighted by atomic mass is 10.0. The summed E-state index contributed by atoms with van der Waals surface area (Å²) in [5.74, 6) is 0.958. The number of ether oxygens (including phenoxy) is 1. The minimum Gasteiger partial charge on any atom is -0.493 e. The number of likely N-dealkylation sites (N-methyl/N-ethyl adjacent to an activating group) is 1. The van der Waals surface area contributed by atoms with Gasteiger partial charge in [-0.1, -0.05) is 31.2 Å². The summed E-state index contributed by atoms with van der Waals surface area (Å²) >= 11 is 1.73. The predicted molar refractivity (Wildman–Crippen MR) is 92.7 cm³/mol. The molecule has 4 nitrogen and oxygen atoms in total. The monoisotopic (exact) mass is 330 g/mol. The maximum absolute atomic E-state index is 12.4. The van der Waals surface area contributed by atoms with Gasteiger partial charge in [0.2, 0.25) is 5.91 Å². The second kappa shape index (κ2) is 7.62. The number of carbonyl (C=O) groups is 1. The second-order valence-corrected chi connectivity index (χ2v) is 6.71. The van der Waals surface area contributed by atoms with Gasteiger partial charge in [-0.25, -0.2) is 0 Å². The Balaban J connectivity index is 1.59. The van der Waals surface area contributed by atoms with Crippen LogP contribution in [-0.2, 0) is 11.3 Å². The largest absolute Gasteiger partial charge is 0.493 e. The first kappa shape index (κ1) is 16.0. The summed E-state index contributed by atoms with van der Waals surface area (Å²) in [7, 11) is 0. The average molecular weight is 330 g/mol. The summed E-state index contributed by atoms with van der Waals surface area (Å²) in [6.45, 7) is 4.84. The van der Waals surface area contributed by atoms with E-state index in [0.717, 1.165) is 30.8 Å². The van der Waals surface area contributed by atoms with Gasteiger partial charge in [0.25, 0.3) is 0 Å². The lowest BCUT2D eigenvalue weighted by Gasteiger charge is -2.27. The van der Waals surface area contributed by atoms with E-state index in [1.807, 2.05) is 30.3 Å². The van der Waals surface area contributed by atoms with Crippen molar-refractivity contribution in [3.8, 4) is 5.75 Å². The fraction of sp³-hybridized carbons (Fsp3) is 0.389. The van der Waals surface area contributed by atoms with Crippen molar-refractivity contribution in [1.82, 2.24) is 10.2 Å². The van der Waals surface area contributed by atoms with Gasteiger partial charge in [-0.3, -0.25) is 9.69 Å². The summed E-state index contributed by atoms with van der Waals surface area (Å²) in [5, 5.41) is 5.23. The van der Waals surface area contributed by atoms with Gasteiger partial charge in [-0.05, 0) is 24.1 Å². The number of hydrogen-bond acceptors (Lipinski definition) is 4. The van der Waals surface area contributed by atoms with Gasteiger partial charge in [-0.2, -0.15) is 0 Å². The number of fused-ring (bicyclic) bond motifs is 1. The summed E-state index contributed by atoms with van der Waals surface area (Å²) in [4.78, 5) is 15.9. The highest BCUT2D eigenvalue weighted by Gasteiger charge is 2.23. The Morgan fingerprint density at radius 2 is 2.22 bits per heavy atom. The number of para-hydroxylation sites is 1. The first-order chi connectivity index (χ1) is 11.3. The molecule has 5 heteroatoms. The molecule has 1 aliphatic rings. The fourth-order valence-corrected chi connectivity index (χ4v) is 3.58. The Kier molecular flexibility index (Phi) is 5.31. The lowest BCUT2D eigenvalue weighted by Crippen LogP contribution is -2.39. The molecular weight excluding hydrogens is 308 g/mol. The van der Waals surface area contributed by atoms with Crippen LogP contribution in [0.15, 0.2) is 41.8 Å². The van der Waals surface area contributed by atoms with E-state index < -0.39 is 0 Å². The van der Waals surface area contributed by atoms with E-state index in [1.54, 1.807) is 11.3 Å². The number of rotatable bonds is 6. The number of nitrogens with zero attached hydrogens (tertiary/aromatic N) is 1. The third-order valence-electron chi connectivity index (χ3n) is 4.07. The molecule has 0 saturated carbocycles. The molecule has 2 heterocycles. The van der Waals surface area contributed by atoms with Crippen molar-refractivity contribution in [2.75, 3.05) is 19.7 Å². The van der Waals surface area contributed by atoms with Gasteiger partial charge in [-0.15, -0.1) is 11.3 Å². The quantitative estimate of drug-likeness (QED) is 0.884.